The maximum atomic E-state index is 8.13. The van der Waals surface area contributed by atoms with Crippen molar-refractivity contribution in [1.29, 1.82) is 5.26 Å². The van der Waals surface area contributed by atoms with Crippen LogP contribution in [0.15, 0.2) is 35.3 Å². The Morgan fingerprint density at radius 2 is 2.00 bits per heavy atom. The van der Waals surface area contributed by atoms with E-state index < -0.39 is 0 Å². The Balaban J connectivity index is 2.79. The van der Waals surface area contributed by atoms with E-state index in [1.54, 1.807) is 0 Å². The van der Waals surface area contributed by atoms with Crippen molar-refractivity contribution in [2.45, 2.75) is 0 Å². The third-order valence-corrected chi connectivity index (χ3v) is 1.03. The number of para-hydroxylation sites is 1. The number of benzene rings is 1. The first-order valence-electron chi connectivity index (χ1n) is 2.90. The standard InChI is InChI=1S/C8H6N2/c9-6-7-10-8-4-2-1-3-5-8/h1-5,7H/b10-7+. The molecule has 0 unspecified atom stereocenters. The number of aliphatic imine (C=N–C) groups is 1. The Morgan fingerprint density at radius 3 is 2.60 bits per heavy atom. The highest BCUT2D eigenvalue weighted by molar-refractivity contribution is 5.77. The van der Waals surface area contributed by atoms with E-state index in [9.17, 15) is 0 Å². The Kier molecular flexibility index (Phi) is 2.22. The van der Waals surface area contributed by atoms with E-state index in [1.165, 1.54) is 6.21 Å². The van der Waals surface area contributed by atoms with Gasteiger partial charge in [0, 0.05) is 0 Å². The fourth-order valence-electron chi connectivity index (χ4n) is 0.617. The summed E-state index contributed by atoms with van der Waals surface area (Å²) >= 11 is 0. The molecule has 0 aliphatic rings. The van der Waals surface area contributed by atoms with Gasteiger partial charge < -0.3 is 0 Å². The van der Waals surface area contributed by atoms with E-state index in [2.05, 4.69) is 4.99 Å². The van der Waals surface area contributed by atoms with E-state index in [0.29, 0.717) is 0 Å². The smallest absolute Gasteiger partial charge is 0.111 e. The van der Waals surface area contributed by atoms with E-state index in [-0.39, 0.29) is 0 Å². The van der Waals surface area contributed by atoms with Gasteiger partial charge in [-0.2, -0.15) is 5.26 Å². The second-order valence-electron chi connectivity index (χ2n) is 1.72. The van der Waals surface area contributed by atoms with Crippen LogP contribution in [0, 0.1) is 11.3 Å². The molecule has 0 aromatic heterocycles. The van der Waals surface area contributed by atoms with Crippen molar-refractivity contribution < 1.29 is 0 Å². The minimum atomic E-state index is 0.809. The van der Waals surface area contributed by atoms with Crippen LogP contribution < -0.4 is 0 Å². The van der Waals surface area contributed by atoms with Crippen molar-refractivity contribution in [1.82, 2.24) is 0 Å². The molecule has 0 fully saturated rings. The molecule has 0 heterocycles. The predicted molar refractivity (Wildman–Crippen MR) is 40.2 cm³/mol. The zero-order valence-electron chi connectivity index (χ0n) is 5.36. The Morgan fingerprint density at radius 1 is 1.30 bits per heavy atom. The van der Waals surface area contributed by atoms with Gasteiger partial charge in [0.2, 0.25) is 0 Å². The van der Waals surface area contributed by atoms with Gasteiger partial charge in [-0.25, -0.2) is 4.99 Å². The van der Waals surface area contributed by atoms with Crippen LogP contribution in [-0.4, -0.2) is 6.21 Å². The molecular weight excluding hydrogens is 124 g/mol. The lowest BCUT2D eigenvalue weighted by Gasteiger charge is -1.86. The van der Waals surface area contributed by atoms with E-state index in [1.807, 2.05) is 36.4 Å². The van der Waals surface area contributed by atoms with Gasteiger partial charge in [-0.05, 0) is 12.1 Å². The zero-order chi connectivity index (χ0) is 7.23. The summed E-state index contributed by atoms with van der Waals surface area (Å²) in [5, 5.41) is 8.13. The van der Waals surface area contributed by atoms with Gasteiger partial charge in [0.15, 0.2) is 0 Å². The molecule has 0 aliphatic carbocycles. The number of nitriles is 1. The summed E-state index contributed by atoms with van der Waals surface area (Å²) in [6.45, 7) is 0. The topological polar surface area (TPSA) is 36.1 Å². The third kappa shape index (κ3) is 1.71. The fourth-order valence-corrected chi connectivity index (χ4v) is 0.617. The van der Waals surface area contributed by atoms with Crippen molar-refractivity contribution >= 4 is 11.9 Å². The molecule has 0 bridgehead atoms. The van der Waals surface area contributed by atoms with Gasteiger partial charge in [0.05, 0.1) is 5.69 Å². The van der Waals surface area contributed by atoms with Gasteiger partial charge in [-0.15, -0.1) is 0 Å². The summed E-state index contributed by atoms with van der Waals surface area (Å²) in [6, 6.07) is 11.2. The summed E-state index contributed by atoms with van der Waals surface area (Å²) in [7, 11) is 0. The van der Waals surface area contributed by atoms with Crippen LogP contribution in [0.1, 0.15) is 0 Å². The molecular formula is C8H6N2. The van der Waals surface area contributed by atoms with Crippen molar-refractivity contribution in [3.63, 3.8) is 0 Å². The molecule has 0 aliphatic heterocycles. The fraction of sp³-hybridized carbons (Fsp3) is 0. The molecule has 0 amide bonds. The molecule has 0 saturated carbocycles. The number of hydrogen-bond acceptors (Lipinski definition) is 2. The molecule has 0 atom stereocenters. The summed E-state index contributed by atoms with van der Waals surface area (Å²) in [5.74, 6) is 0. The first-order valence-corrected chi connectivity index (χ1v) is 2.90. The average Bonchev–Trinajstić information content (AvgIpc) is 2.03. The minimum absolute atomic E-state index is 0.809. The number of nitrogens with zero attached hydrogens (tertiary/aromatic N) is 2. The minimum Gasteiger partial charge on any atom is -0.246 e. The Labute approximate surface area is 59.4 Å². The van der Waals surface area contributed by atoms with Crippen LogP contribution >= 0.6 is 0 Å². The highest BCUT2D eigenvalue weighted by atomic mass is 14.7. The van der Waals surface area contributed by atoms with Gasteiger partial charge in [0.25, 0.3) is 0 Å². The largest absolute Gasteiger partial charge is 0.246 e. The van der Waals surface area contributed by atoms with Crippen LogP contribution in [0.2, 0.25) is 0 Å². The molecule has 0 saturated heterocycles. The number of hydrogen-bond donors (Lipinski definition) is 0. The Bertz CT molecular complexity index is 256. The van der Waals surface area contributed by atoms with E-state index >= 15 is 0 Å². The second kappa shape index (κ2) is 3.41. The van der Waals surface area contributed by atoms with Crippen LogP contribution in [0.25, 0.3) is 0 Å². The summed E-state index contributed by atoms with van der Waals surface area (Å²) in [5.41, 5.74) is 0.809. The lowest BCUT2D eigenvalue weighted by atomic mass is 10.3. The van der Waals surface area contributed by atoms with E-state index in [4.69, 9.17) is 5.26 Å². The van der Waals surface area contributed by atoms with Gasteiger partial charge in [-0.1, -0.05) is 18.2 Å². The van der Waals surface area contributed by atoms with E-state index in [0.717, 1.165) is 5.69 Å². The van der Waals surface area contributed by atoms with Gasteiger partial charge in [0.1, 0.15) is 12.3 Å². The molecule has 1 aromatic carbocycles. The zero-order valence-corrected chi connectivity index (χ0v) is 5.36. The first kappa shape index (κ1) is 6.50. The molecule has 0 radical (unpaired) electrons. The third-order valence-electron chi connectivity index (χ3n) is 1.03. The maximum absolute atomic E-state index is 8.13. The first-order chi connectivity index (χ1) is 4.93. The van der Waals surface area contributed by atoms with Crippen LogP contribution in [-0.2, 0) is 0 Å². The molecule has 0 N–H and O–H groups in total. The lowest BCUT2D eigenvalue weighted by Crippen LogP contribution is -1.63. The lowest BCUT2D eigenvalue weighted by molar-refractivity contribution is 1.52. The quantitative estimate of drug-likeness (QED) is 0.535. The predicted octanol–water partition coefficient (Wildman–Crippen LogP) is 1.91. The summed E-state index contributed by atoms with van der Waals surface area (Å²) in [4.78, 5) is 3.84. The number of rotatable bonds is 1. The highest BCUT2D eigenvalue weighted by Crippen LogP contribution is 2.07. The average molecular weight is 130 g/mol. The molecule has 2 heteroatoms. The highest BCUT2D eigenvalue weighted by Gasteiger charge is 1.79. The van der Waals surface area contributed by atoms with Crippen molar-refractivity contribution in [2.24, 2.45) is 4.99 Å². The summed E-state index contributed by atoms with van der Waals surface area (Å²) in [6.07, 6.45) is 1.22. The monoisotopic (exact) mass is 130 g/mol. The summed E-state index contributed by atoms with van der Waals surface area (Å²) < 4.78 is 0. The molecule has 10 heavy (non-hydrogen) atoms. The molecule has 0 spiro atoms. The van der Waals surface area contributed by atoms with Crippen LogP contribution in [0.3, 0.4) is 0 Å². The van der Waals surface area contributed by atoms with Gasteiger partial charge in [-0.3, -0.25) is 0 Å². The van der Waals surface area contributed by atoms with Crippen LogP contribution in [0.5, 0.6) is 0 Å². The molecule has 1 rings (SSSR count). The molecule has 1 aromatic rings. The Hall–Kier alpha value is -1.62. The second-order valence-corrected chi connectivity index (χ2v) is 1.72. The van der Waals surface area contributed by atoms with Gasteiger partial charge >= 0.3 is 0 Å². The van der Waals surface area contributed by atoms with Crippen LogP contribution in [0.4, 0.5) is 5.69 Å². The normalized spacial score (nSPS) is 9.50. The molecule has 2 nitrogen and oxygen atoms in total. The molecule has 48 valence electrons. The van der Waals surface area contributed by atoms with Crippen molar-refractivity contribution in [3.05, 3.63) is 30.3 Å². The van der Waals surface area contributed by atoms with Crippen molar-refractivity contribution in [3.8, 4) is 6.07 Å². The SMILES string of the molecule is N#C/C=N/c1ccccc1. The van der Waals surface area contributed by atoms with Crippen molar-refractivity contribution in [2.75, 3.05) is 0 Å². The maximum Gasteiger partial charge on any atom is 0.111 e.